The lowest BCUT2D eigenvalue weighted by molar-refractivity contribution is -0.128. The van der Waals surface area contributed by atoms with Gasteiger partial charge >= 0.3 is 0 Å². The number of piperidine rings is 1. The van der Waals surface area contributed by atoms with Gasteiger partial charge in [0.2, 0.25) is 5.91 Å². The fourth-order valence-corrected chi connectivity index (χ4v) is 2.67. The van der Waals surface area contributed by atoms with Crippen molar-refractivity contribution in [3.05, 3.63) is 41.7 Å². The van der Waals surface area contributed by atoms with Gasteiger partial charge in [-0.1, -0.05) is 19.1 Å². The first-order chi connectivity index (χ1) is 10.1. The normalized spacial score (nSPS) is 18.1. The van der Waals surface area contributed by atoms with Crippen molar-refractivity contribution in [2.24, 2.45) is 5.41 Å². The van der Waals surface area contributed by atoms with Gasteiger partial charge in [-0.05, 0) is 48.4 Å². The van der Waals surface area contributed by atoms with Crippen LogP contribution in [0, 0.1) is 11.2 Å². The van der Waals surface area contributed by atoms with Gasteiger partial charge in [0.25, 0.3) is 0 Å². The Balaban J connectivity index is 1.91. The predicted octanol–water partition coefficient (Wildman–Crippen LogP) is 2.85. The molecule has 0 atom stereocenters. The van der Waals surface area contributed by atoms with Crippen molar-refractivity contribution in [2.75, 3.05) is 19.7 Å². The highest BCUT2D eigenvalue weighted by molar-refractivity contribution is 5.91. The molecule has 1 amide bonds. The number of aliphatic hydroxyl groups is 1. The van der Waals surface area contributed by atoms with Crippen LogP contribution in [0.4, 0.5) is 4.39 Å². The van der Waals surface area contributed by atoms with Crippen LogP contribution in [0.5, 0.6) is 0 Å². The molecule has 0 aliphatic carbocycles. The summed E-state index contributed by atoms with van der Waals surface area (Å²) >= 11 is 0. The molecule has 0 radical (unpaired) electrons. The molecule has 1 heterocycles. The molecule has 0 unspecified atom stereocenters. The second-order valence-corrected chi connectivity index (χ2v) is 5.72. The number of carbonyl (C=O) groups excluding carboxylic acids is 1. The minimum absolute atomic E-state index is 0.0164. The lowest BCUT2D eigenvalue weighted by Gasteiger charge is -2.39. The molecule has 3 nitrogen and oxygen atoms in total. The summed E-state index contributed by atoms with van der Waals surface area (Å²) in [6, 6.07) is 6.04. The van der Waals surface area contributed by atoms with Crippen molar-refractivity contribution in [1.82, 2.24) is 4.90 Å². The largest absolute Gasteiger partial charge is 0.396 e. The highest BCUT2D eigenvalue weighted by Crippen LogP contribution is 2.34. The molecule has 21 heavy (non-hydrogen) atoms. The molecule has 1 N–H and O–H groups in total. The lowest BCUT2D eigenvalue weighted by atomic mass is 9.77. The summed E-state index contributed by atoms with van der Waals surface area (Å²) in [4.78, 5) is 13.9. The third-order valence-electron chi connectivity index (χ3n) is 4.51. The Morgan fingerprint density at radius 3 is 2.48 bits per heavy atom. The van der Waals surface area contributed by atoms with Crippen LogP contribution >= 0.6 is 0 Å². The van der Waals surface area contributed by atoms with Gasteiger partial charge in [-0.15, -0.1) is 0 Å². The molecular formula is C17H22FNO2. The summed E-state index contributed by atoms with van der Waals surface area (Å²) in [5.74, 6) is -0.309. The summed E-state index contributed by atoms with van der Waals surface area (Å²) in [6.45, 7) is 3.64. The average Bonchev–Trinajstić information content (AvgIpc) is 2.54. The van der Waals surface area contributed by atoms with E-state index >= 15 is 0 Å². The smallest absolute Gasteiger partial charge is 0.246 e. The van der Waals surface area contributed by atoms with E-state index in [0.29, 0.717) is 13.1 Å². The van der Waals surface area contributed by atoms with Crippen LogP contribution in [-0.2, 0) is 4.79 Å². The van der Waals surface area contributed by atoms with Gasteiger partial charge in [0.1, 0.15) is 5.82 Å². The van der Waals surface area contributed by atoms with Crippen molar-refractivity contribution in [2.45, 2.75) is 26.2 Å². The Bertz CT molecular complexity index is 496. The minimum atomic E-state index is -0.283. The Morgan fingerprint density at radius 2 is 1.95 bits per heavy atom. The van der Waals surface area contributed by atoms with Gasteiger partial charge in [-0.2, -0.15) is 0 Å². The van der Waals surface area contributed by atoms with Gasteiger partial charge in [0.05, 0.1) is 0 Å². The standard InChI is InChI=1S/C17H22FNO2/c1-2-17(13-20)9-11-19(12-10-17)16(21)8-5-14-3-6-15(18)7-4-14/h3-8,20H,2,9-13H2,1H3/b8-5+. The molecule has 0 bridgehead atoms. The second-order valence-electron chi connectivity index (χ2n) is 5.72. The number of benzene rings is 1. The Kier molecular flexibility index (Phi) is 5.12. The molecule has 1 aromatic rings. The predicted molar refractivity (Wildman–Crippen MR) is 81.1 cm³/mol. The number of hydrogen-bond donors (Lipinski definition) is 1. The second kappa shape index (κ2) is 6.85. The number of hydrogen-bond acceptors (Lipinski definition) is 2. The number of nitrogens with zero attached hydrogens (tertiary/aromatic N) is 1. The highest BCUT2D eigenvalue weighted by atomic mass is 19.1. The molecule has 1 saturated heterocycles. The van der Waals surface area contributed by atoms with E-state index in [1.807, 2.05) is 4.90 Å². The maximum absolute atomic E-state index is 12.8. The zero-order chi connectivity index (χ0) is 15.3. The number of halogens is 1. The molecule has 0 spiro atoms. The first-order valence-electron chi connectivity index (χ1n) is 7.42. The van der Waals surface area contributed by atoms with Crippen LogP contribution in [0.15, 0.2) is 30.3 Å². The molecule has 1 fully saturated rings. The highest BCUT2D eigenvalue weighted by Gasteiger charge is 2.33. The van der Waals surface area contributed by atoms with E-state index in [2.05, 4.69) is 6.92 Å². The summed E-state index contributed by atoms with van der Waals surface area (Å²) in [5, 5.41) is 9.49. The average molecular weight is 291 g/mol. The third kappa shape index (κ3) is 3.91. The number of rotatable bonds is 4. The SMILES string of the molecule is CCC1(CO)CCN(C(=O)/C=C/c2ccc(F)cc2)CC1. The van der Waals surface area contributed by atoms with Crippen molar-refractivity contribution >= 4 is 12.0 Å². The quantitative estimate of drug-likeness (QED) is 0.867. The first-order valence-corrected chi connectivity index (χ1v) is 7.42. The van der Waals surface area contributed by atoms with E-state index in [1.165, 1.54) is 18.2 Å². The van der Waals surface area contributed by atoms with Crippen LogP contribution in [0.2, 0.25) is 0 Å². The number of aliphatic hydroxyl groups excluding tert-OH is 1. The van der Waals surface area contributed by atoms with Gasteiger partial charge in [-0.3, -0.25) is 4.79 Å². The number of amides is 1. The molecule has 4 heteroatoms. The fourth-order valence-electron chi connectivity index (χ4n) is 2.67. The monoisotopic (exact) mass is 291 g/mol. The van der Waals surface area contributed by atoms with Crippen LogP contribution in [0.3, 0.4) is 0 Å². The maximum Gasteiger partial charge on any atom is 0.246 e. The van der Waals surface area contributed by atoms with E-state index in [9.17, 15) is 14.3 Å². The molecule has 0 aromatic heterocycles. The van der Waals surface area contributed by atoms with Gasteiger partial charge in [0, 0.05) is 25.8 Å². The molecule has 1 aliphatic heterocycles. The number of likely N-dealkylation sites (tertiary alicyclic amines) is 1. The molecule has 1 aromatic carbocycles. The van der Waals surface area contributed by atoms with Crippen molar-refractivity contribution in [3.63, 3.8) is 0 Å². The summed E-state index contributed by atoms with van der Waals surface area (Å²) in [6.07, 6.45) is 5.86. The molecular weight excluding hydrogens is 269 g/mol. The van der Waals surface area contributed by atoms with Crippen LogP contribution in [0.25, 0.3) is 6.08 Å². The molecule has 2 rings (SSSR count). The third-order valence-corrected chi connectivity index (χ3v) is 4.51. The topological polar surface area (TPSA) is 40.5 Å². The van der Waals surface area contributed by atoms with E-state index in [4.69, 9.17) is 0 Å². The minimum Gasteiger partial charge on any atom is -0.396 e. The maximum atomic E-state index is 12.8. The Hall–Kier alpha value is -1.68. The molecule has 1 aliphatic rings. The van der Waals surface area contributed by atoms with Crippen molar-refractivity contribution in [3.8, 4) is 0 Å². The van der Waals surface area contributed by atoms with Crippen LogP contribution in [0.1, 0.15) is 31.7 Å². The van der Waals surface area contributed by atoms with Crippen molar-refractivity contribution in [1.29, 1.82) is 0 Å². The summed E-state index contributed by atoms with van der Waals surface area (Å²) in [7, 11) is 0. The van der Waals surface area contributed by atoms with Gasteiger partial charge in [-0.25, -0.2) is 4.39 Å². The van der Waals surface area contributed by atoms with E-state index in [1.54, 1.807) is 18.2 Å². The zero-order valence-electron chi connectivity index (χ0n) is 12.4. The van der Waals surface area contributed by atoms with Crippen LogP contribution in [-0.4, -0.2) is 35.6 Å². The molecule has 114 valence electrons. The lowest BCUT2D eigenvalue weighted by Crippen LogP contribution is -2.43. The van der Waals surface area contributed by atoms with E-state index in [0.717, 1.165) is 24.8 Å². The van der Waals surface area contributed by atoms with Gasteiger partial charge in [0.15, 0.2) is 0 Å². The summed E-state index contributed by atoms with van der Waals surface area (Å²) in [5.41, 5.74) is 0.789. The Labute approximate surface area is 125 Å². The zero-order valence-corrected chi connectivity index (χ0v) is 12.4. The first kappa shape index (κ1) is 15.7. The summed E-state index contributed by atoms with van der Waals surface area (Å²) < 4.78 is 12.8. The van der Waals surface area contributed by atoms with Crippen LogP contribution < -0.4 is 0 Å². The molecule has 0 saturated carbocycles. The van der Waals surface area contributed by atoms with E-state index in [-0.39, 0.29) is 23.7 Å². The van der Waals surface area contributed by atoms with Crippen molar-refractivity contribution < 1.29 is 14.3 Å². The number of carbonyl (C=O) groups is 1. The van der Waals surface area contributed by atoms with E-state index < -0.39 is 0 Å². The fraction of sp³-hybridized carbons (Fsp3) is 0.471. The Morgan fingerprint density at radius 1 is 1.33 bits per heavy atom. The van der Waals surface area contributed by atoms with Gasteiger partial charge < -0.3 is 10.0 Å².